The first-order valence-electron chi connectivity index (χ1n) is 6.09. The smallest absolute Gasteiger partial charge is 0.239 e. The maximum atomic E-state index is 13.2. The number of nitrogens with two attached hydrogens (primary N) is 1. The number of hydrogen-bond donors (Lipinski definition) is 2. The molecule has 5 heteroatoms. The summed E-state index contributed by atoms with van der Waals surface area (Å²) in [6.07, 6.45) is 0. The number of nitrogens with one attached hydrogen (secondary N) is 1. The van der Waals surface area contributed by atoms with E-state index in [9.17, 15) is 9.18 Å². The predicted molar refractivity (Wildman–Crippen MR) is 79.3 cm³/mol. The number of carbonyl (C=O) groups is 1. The van der Waals surface area contributed by atoms with Crippen LogP contribution < -0.4 is 11.1 Å². The third-order valence-electron chi connectivity index (χ3n) is 2.92. The van der Waals surface area contributed by atoms with Crippen molar-refractivity contribution < 1.29 is 9.18 Å². The van der Waals surface area contributed by atoms with Gasteiger partial charge in [-0.3, -0.25) is 10.1 Å². The molecule has 104 valence electrons. The number of amides is 1. The Morgan fingerprint density at radius 1 is 1.25 bits per heavy atom. The summed E-state index contributed by atoms with van der Waals surface area (Å²) in [6, 6.07) is 13.0. The van der Waals surface area contributed by atoms with Gasteiger partial charge in [-0.05, 0) is 29.3 Å². The van der Waals surface area contributed by atoms with E-state index in [0.717, 1.165) is 15.6 Å². The van der Waals surface area contributed by atoms with Gasteiger partial charge in [0.1, 0.15) is 11.9 Å². The lowest BCUT2D eigenvalue weighted by Gasteiger charge is -2.16. The number of hydrogen-bond acceptors (Lipinski definition) is 2. The number of carbonyl (C=O) groups excluding carboxylic acids is 1. The Labute approximate surface area is 125 Å². The Hall–Kier alpha value is -1.72. The molecule has 1 amide bonds. The molecule has 0 fully saturated rings. The molecule has 20 heavy (non-hydrogen) atoms. The van der Waals surface area contributed by atoms with Gasteiger partial charge in [0.2, 0.25) is 5.91 Å². The highest BCUT2D eigenvalue weighted by Gasteiger charge is 2.17. The fourth-order valence-corrected chi connectivity index (χ4v) is 2.31. The van der Waals surface area contributed by atoms with Crippen LogP contribution in [0.2, 0.25) is 0 Å². The van der Waals surface area contributed by atoms with E-state index in [1.807, 2.05) is 30.3 Å². The minimum absolute atomic E-state index is 0.319. The molecule has 0 saturated carbocycles. The topological polar surface area (TPSA) is 55.1 Å². The largest absolute Gasteiger partial charge is 0.368 e. The predicted octanol–water partition coefficient (Wildman–Crippen LogP) is 2.90. The maximum Gasteiger partial charge on any atom is 0.239 e. The zero-order chi connectivity index (χ0) is 14.5. The van der Waals surface area contributed by atoms with Crippen LogP contribution in [0.5, 0.6) is 0 Å². The Morgan fingerprint density at radius 2 is 1.95 bits per heavy atom. The van der Waals surface area contributed by atoms with Gasteiger partial charge in [-0.25, -0.2) is 4.39 Å². The van der Waals surface area contributed by atoms with Gasteiger partial charge in [-0.2, -0.15) is 0 Å². The second-order valence-electron chi connectivity index (χ2n) is 4.36. The SMILES string of the molecule is NC(=O)[C@@H](NCc1cc(F)ccc1Br)c1ccccc1. The third-order valence-corrected chi connectivity index (χ3v) is 3.70. The minimum Gasteiger partial charge on any atom is -0.368 e. The van der Waals surface area contributed by atoms with Crippen LogP contribution in [0.4, 0.5) is 4.39 Å². The Morgan fingerprint density at radius 3 is 2.60 bits per heavy atom. The monoisotopic (exact) mass is 336 g/mol. The van der Waals surface area contributed by atoms with E-state index in [2.05, 4.69) is 21.2 Å². The molecule has 0 aliphatic carbocycles. The molecule has 0 radical (unpaired) electrons. The molecule has 3 N–H and O–H groups in total. The molecule has 0 aliphatic rings. The zero-order valence-corrected chi connectivity index (χ0v) is 12.2. The Kier molecular flexibility index (Phi) is 4.87. The van der Waals surface area contributed by atoms with E-state index in [0.29, 0.717) is 6.54 Å². The van der Waals surface area contributed by atoms with Crippen molar-refractivity contribution >= 4 is 21.8 Å². The van der Waals surface area contributed by atoms with Crippen molar-refractivity contribution in [2.75, 3.05) is 0 Å². The van der Waals surface area contributed by atoms with Crippen LogP contribution in [0, 0.1) is 5.82 Å². The quantitative estimate of drug-likeness (QED) is 0.881. The van der Waals surface area contributed by atoms with E-state index in [1.165, 1.54) is 12.1 Å². The van der Waals surface area contributed by atoms with Crippen LogP contribution in [-0.2, 0) is 11.3 Å². The molecule has 2 aromatic rings. The molecular weight excluding hydrogens is 323 g/mol. The first-order chi connectivity index (χ1) is 9.58. The van der Waals surface area contributed by atoms with Crippen LogP contribution in [0.1, 0.15) is 17.2 Å². The van der Waals surface area contributed by atoms with Crippen LogP contribution in [0.3, 0.4) is 0 Å². The van der Waals surface area contributed by atoms with Gasteiger partial charge in [0, 0.05) is 11.0 Å². The molecule has 0 spiro atoms. The van der Waals surface area contributed by atoms with Crippen LogP contribution in [0.15, 0.2) is 53.0 Å². The summed E-state index contributed by atoms with van der Waals surface area (Å²) >= 11 is 3.35. The standard InChI is InChI=1S/C15H14BrFN2O/c16-13-7-6-12(17)8-11(13)9-19-14(15(18)20)10-4-2-1-3-5-10/h1-8,14,19H,9H2,(H2,18,20)/t14-/m0/s1. The van der Waals surface area contributed by atoms with E-state index in [4.69, 9.17) is 5.73 Å². The van der Waals surface area contributed by atoms with E-state index in [-0.39, 0.29) is 5.82 Å². The molecule has 2 rings (SSSR count). The number of rotatable bonds is 5. The van der Waals surface area contributed by atoms with Gasteiger partial charge in [0.25, 0.3) is 0 Å². The average molecular weight is 337 g/mol. The first kappa shape index (κ1) is 14.7. The molecule has 0 aliphatic heterocycles. The highest BCUT2D eigenvalue weighted by molar-refractivity contribution is 9.10. The van der Waals surface area contributed by atoms with Crippen molar-refractivity contribution in [2.24, 2.45) is 5.73 Å². The summed E-state index contributed by atoms with van der Waals surface area (Å²) in [4.78, 5) is 11.5. The van der Waals surface area contributed by atoms with Crippen molar-refractivity contribution in [3.05, 3.63) is 69.9 Å². The molecular formula is C15H14BrFN2O. The fourth-order valence-electron chi connectivity index (χ4n) is 1.92. The van der Waals surface area contributed by atoms with Crippen molar-refractivity contribution in [3.8, 4) is 0 Å². The molecule has 0 unspecified atom stereocenters. The van der Waals surface area contributed by atoms with Gasteiger partial charge in [0.05, 0.1) is 0 Å². The molecule has 0 aromatic heterocycles. The van der Waals surface area contributed by atoms with Crippen LogP contribution in [0.25, 0.3) is 0 Å². The van der Waals surface area contributed by atoms with Gasteiger partial charge < -0.3 is 5.73 Å². The Balaban J connectivity index is 2.14. The minimum atomic E-state index is -0.605. The van der Waals surface area contributed by atoms with Crippen molar-refractivity contribution in [1.82, 2.24) is 5.32 Å². The summed E-state index contributed by atoms with van der Waals surface area (Å²) in [5.41, 5.74) is 6.93. The lowest BCUT2D eigenvalue weighted by Crippen LogP contribution is -2.33. The van der Waals surface area contributed by atoms with Crippen molar-refractivity contribution in [1.29, 1.82) is 0 Å². The Bertz CT molecular complexity index is 604. The van der Waals surface area contributed by atoms with E-state index >= 15 is 0 Å². The van der Waals surface area contributed by atoms with Crippen molar-refractivity contribution in [2.45, 2.75) is 12.6 Å². The summed E-state index contributed by atoms with van der Waals surface area (Å²) < 4.78 is 14.0. The van der Waals surface area contributed by atoms with Gasteiger partial charge in [-0.15, -0.1) is 0 Å². The molecule has 3 nitrogen and oxygen atoms in total. The lowest BCUT2D eigenvalue weighted by atomic mass is 10.1. The summed E-state index contributed by atoms with van der Waals surface area (Å²) in [6.45, 7) is 0.334. The van der Waals surface area contributed by atoms with Gasteiger partial charge in [0.15, 0.2) is 0 Å². The number of benzene rings is 2. The summed E-state index contributed by atoms with van der Waals surface area (Å²) in [5, 5.41) is 3.05. The first-order valence-corrected chi connectivity index (χ1v) is 6.89. The number of halogens is 2. The molecule has 2 aromatic carbocycles. The van der Waals surface area contributed by atoms with Crippen LogP contribution >= 0.6 is 15.9 Å². The third kappa shape index (κ3) is 3.65. The van der Waals surface area contributed by atoms with Gasteiger partial charge in [-0.1, -0.05) is 46.3 Å². The van der Waals surface area contributed by atoms with E-state index < -0.39 is 11.9 Å². The van der Waals surface area contributed by atoms with E-state index in [1.54, 1.807) is 6.07 Å². The normalized spacial score (nSPS) is 12.1. The second kappa shape index (κ2) is 6.63. The van der Waals surface area contributed by atoms with Crippen molar-refractivity contribution in [3.63, 3.8) is 0 Å². The van der Waals surface area contributed by atoms with Crippen LogP contribution in [-0.4, -0.2) is 5.91 Å². The second-order valence-corrected chi connectivity index (χ2v) is 5.22. The summed E-state index contributed by atoms with van der Waals surface area (Å²) in [5.74, 6) is -0.788. The highest BCUT2D eigenvalue weighted by atomic mass is 79.9. The molecule has 0 saturated heterocycles. The highest BCUT2D eigenvalue weighted by Crippen LogP contribution is 2.19. The molecule has 0 heterocycles. The summed E-state index contributed by atoms with van der Waals surface area (Å²) in [7, 11) is 0. The maximum absolute atomic E-state index is 13.2. The fraction of sp³-hybridized carbons (Fsp3) is 0.133. The molecule has 1 atom stereocenters. The number of primary amides is 1. The molecule has 0 bridgehead atoms. The zero-order valence-electron chi connectivity index (χ0n) is 10.6. The average Bonchev–Trinajstić information content (AvgIpc) is 2.43. The van der Waals surface area contributed by atoms with Gasteiger partial charge >= 0.3 is 0 Å². The lowest BCUT2D eigenvalue weighted by molar-refractivity contribution is -0.120.